The number of alkyl halides is 3. The van der Waals surface area contributed by atoms with E-state index in [1.54, 1.807) is 18.5 Å². The highest BCUT2D eigenvalue weighted by Crippen LogP contribution is 2.37. The van der Waals surface area contributed by atoms with E-state index in [-0.39, 0.29) is 34.8 Å². The molecule has 0 atom stereocenters. The minimum Gasteiger partial charge on any atom is -0.493 e. The van der Waals surface area contributed by atoms with Gasteiger partial charge in [-0.3, -0.25) is 9.55 Å². The summed E-state index contributed by atoms with van der Waals surface area (Å²) in [7, 11) is 0. The first-order valence-corrected chi connectivity index (χ1v) is 9.14. The molecule has 0 aliphatic carbocycles. The minimum absolute atomic E-state index is 0.00436. The smallest absolute Gasteiger partial charge is 0.446 e. The first-order chi connectivity index (χ1) is 13.3. The number of anilines is 1. The first-order valence-electron chi connectivity index (χ1n) is 8.32. The molecule has 0 spiro atoms. The number of aromatic hydroxyl groups is 1. The van der Waals surface area contributed by atoms with Crippen LogP contribution in [0, 0.1) is 0 Å². The average molecular weight is 410 g/mol. The van der Waals surface area contributed by atoms with Crippen molar-refractivity contribution in [3.05, 3.63) is 65.0 Å². The van der Waals surface area contributed by atoms with Crippen LogP contribution in [0.25, 0.3) is 5.69 Å². The number of benzene rings is 1. The van der Waals surface area contributed by atoms with Crippen LogP contribution >= 0.6 is 11.8 Å². The molecule has 0 amide bonds. The van der Waals surface area contributed by atoms with Crippen molar-refractivity contribution in [2.24, 2.45) is 0 Å². The van der Waals surface area contributed by atoms with Crippen molar-refractivity contribution in [1.29, 1.82) is 0 Å². The monoisotopic (exact) mass is 410 g/mol. The van der Waals surface area contributed by atoms with Crippen LogP contribution in [0.1, 0.15) is 12.5 Å². The van der Waals surface area contributed by atoms with E-state index in [0.29, 0.717) is 6.54 Å². The predicted molar refractivity (Wildman–Crippen MR) is 101 cm³/mol. The Hall–Kier alpha value is -2.88. The summed E-state index contributed by atoms with van der Waals surface area (Å²) < 4.78 is 39.7. The molecule has 3 aromatic rings. The fourth-order valence-electron chi connectivity index (χ4n) is 2.73. The second-order valence-corrected chi connectivity index (χ2v) is 6.98. The van der Waals surface area contributed by atoms with E-state index >= 15 is 0 Å². The molecule has 10 heteroatoms. The van der Waals surface area contributed by atoms with E-state index in [1.807, 2.05) is 6.92 Å². The predicted octanol–water partition coefficient (Wildman–Crippen LogP) is 3.83. The second-order valence-electron chi connectivity index (χ2n) is 5.84. The number of nitrogens with one attached hydrogen (secondary N) is 1. The van der Waals surface area contributed by atoms with Crippen LogP contribution in [-0.4, -0.2) is 31.3 Å². The van der Waals surface area contributed by atoms with Gasteiger partial charge in [0.1, 0.15) is 0 Å². The Bertz CT molecular complexity index is 1010. The summed E-state index contributed by atoms with van der Waals surface area (Å²) in [5, 5.41) is 13.4. The summed E-state index contributed by atoms with van der Waals surface area (Å²) in [5.41, 5.74) is -3.04. The fourth-order valence-corrected chi connectivity index (χ4v) is 3.27. The summed E-state index contributed by atoms with van der Waals surface area (Å²) >= 11 is -0.242. The third kappa shape index (κ3) is 4.50. The maximum absolute atomic E-state index is 12.7. The average Bonchev–Trinajstić information content (AvgIpc) is 2.90. The van der Waals surface area contributed by atoms with Gasteiger partial charge >= 0.3 is 11.2 Å². The number of thioether (sulfide) groups is 1. The van der Waals surface area contributed by atoms with Gasteiger partial charge in [-0.05, 0) is 54.6 Å². The lowest BCUT2D eigenvalue weighted by Crippen LogP contribution is -2.23. The Labute approximate surface area is 162 Å². The zero-order valence-electron chi connectivity index (χ0n) is 14.8. The minimum atomic E-state index is -4.39. The van der Waals surface area contributed by atoms with Gasteiger partial charge in [-0.15, -0.1) is 0 Å². The highest BCUT2D eigenvalue weighted by Gasteiger charge is 2.29. The summed E-state index contributed by atoms with van der Waals surface area (Å²) in [6, 6.07) is 6.99. The van der Waals surface area contributed by atoms with E-state index in [2.05, 4.69) is 10.3 Å². The van der Waals surface area contributed by atoms with Crippen LogP contribution in [0.3, 0.4) is 0 Å². The van der Waals surface area contributed by atoms with Crippen molar-refractivity contribution in [2.45, 2.75) is 23.9 Å². The molecule has 0 aliphatic rings. The van der Waals surface area contributed by atoms with E-state index < -0.39 is 11.2 Å². The second kappa shape index (κ2) is 8.01. The lowest BCUT2D eigenvalue weighted by molar-refractivity contribution is -0.0328. The molecule has 2 aromatic heterocycles. The largest absolute Gasteiger partial charge is 0.493 e. The van der Waals surface area contributed by atoms with E-state index in [0.717, 1.165) is 15.8 Å². The van der Waals surface area contributed by atoms with E-state index in [9.17, 15) is 23.1 Å². The van der Waals surface area contributed by atoms with Crippen molar-refractivity contribution in [2.75, 3.05) is 11.9 Å². The van der Waals surface area contributed by atoms with Gasteiger partial charge in [-0.25, -0.2) is 9.36 Å². The van der Waals surface area contributed by atoms with Gasteiger partial charge in [-0.1, -0.05) is 0 Å². The van der Waals surface area contributed by atoms with Gasteiger partial charge < -0.3 is 10.4 Å². The third-order valence-electron chi connectivity index (χ3n) is 3.89. The molecular weight excluding hydrogens is 393 g/mol. The van der Waals surface area contributed by atoms with Gasteiger partial charge in [0.25, 0.3) is 0 Å². The summed E-state index contributed by atoms with van der Waals surface area (Å²) in [6.07, 6.45) is 4.55. The summed E-state index contributed by atoms with van der Waals surface area (Å²) in [6.45, 7) is 2.82. The number of hydrogen-bond donors (Lipinski definition) is 2. The van der Waals surface area contributed by atoms with Crippen molar-refractivity contribution in [3.8, 4) is 11.6 Å². The number of nitrogens with zero attached hydrogens (tertiary/aromatic N) is 3. The number of pyridine rings is 1. The van der Waals surface area contributed by atoms with Crippen LogP contribution < -0.4 is 11.0 Å². The molecule has 3 rings (SSSR count). The number of rotatable bonds is 6. The van der Waals surface area contributed by atoms with Gasteiger partial charge in [0.05, 0.1) is 30.3 Å². The maximum atomic E-state index is 12.7. The number of aromatic nitrogens is 3. The van der Waals surface area contributed by atoms with Crippen LogP contribution in [0.4, 0.5) is 18.9 Å². The first kappa shape index (κ1) is 19.9. The third-order valence-corrected chi connectivity index (χ3v) is 4.62. The molecule has 6 nitrogen and oxygen atoms in total. The fraction of sp³-hybridized carbons (Fsp3) is 0.222. The molecule has 148 valence electrons. The van der Waals surface area contributed by atoms with Gasteiger partial charge in [-0.2, -0.15) is 13.2 Å². The Morgan fingerprint density at radius 1 is 1.21 bits per heavy atom. The summed E-state index contributed by atoms with van der Waals surface area (Å²) in [5.74, 6) is -0.305. The molecule has 0 radical (unpaired) electrons. The maximum Gasteiger partial charge on any atom is 0.446 e. The quantitative estimate of drug-likeness (QED) is 0.605. The lowest BCUT2D eigenvalue weighted by atomic mass is 10.2. The zero-order valence-corrected chi connectivity index (χ0v) is 15.6. The molecule has 0 bridgehead atoms. The lowest BCUT2D eigenvalue weighted by Gasteiger charge is -2.10. The van der Waals surface area contributed by atoms with Crippen molar-refractivity contribution < 1.29 is 18.3 Å². The number of hydrogen-bond acceptors (Lipinski definition) is 5. The number of halogens is 3. The Morgan fingerprint density at radius 2 is 1.93 bits per heavy atom. The standard InChI is InChI=1S/C18H17F3N4O2S/c1-2-23-15-9-22-8-7-12(15)10-24-11-16(26)25(17(24)27)13-3-5-14(6-4-13)28-18(19,20)21/h3-9,11,23,26H,2,10H2,1H3. The topological polar surface area (TPSA) is 72.1 Å². The van der Waals surface area contributed by atoms with Crippen molar-refractivity contribution >= 4 is 17.4 Å². The Morgan fingerprint density at radius 3 is 2.57 bits per heavy atom. The molecule has 0 unspecified atom stereocenters. The molecule has 0 saturated heterocycles. The SMILES string of the molecule is CCNc1cnccc1Cn1cc(O)n(-c2ccc(SC(F)(F)F)cc2)c1=O. The molecule has 2 heterocycles. The highest BCUT2D eigenvalue weighted by molar-refractivity contribution is 8.00. The Kier molecular flexibility index (Phi) is 5.68. The zero-order chi connectivity index (χ0) is 20.3. The molecule has 0 saturated carbocycles. The van der Waals surface area contributed by atoms with Gasteiger partial charge in [0, 0.05) is 17.6 Å². The molecule has 0 aliphatic heterocycles. The molecule has 1 aromatic carbocycles. The molecule has 28 heavy (non-hydrogen) atoms. The molecular formula is C18H17F3N4O2S. The molecule has 0 fully saturated rings. The van der Waals surface area contributed by atoms with Crippen LogP contribution in [0.2, 0.25) is 0 Å². The molecule has 2 N–H and O–H groups in total. The summed E-state index contributed by atoms with van der Waals surface area (Å²) in [4.78, 5) is 16.8. The van der Waals surface area contributed by atoms with Crippen LogP contribution in [-0.2, 0) is 6.54 Å². The highest BCUT2D eigenvalue weighted by atomic mass is 32.2. The van der Waals surface area contributed by atoms with Crippen molar-refractivity contribution in [1.82, 2.24) is 14.1 Å². The van der Waals surface area contributed by atoms with E-state index in [4.69, 9.17) is 0 Å². The van der Waals surface area contributed by atoms with Crippen molar-refractivity contribution in [3.63, 3.8) is 0 Å². The normalized spacial score (nSPS) is 11.6. The van der Waals surface area contributed by atoms with E-state index in [1.165, 1.54) is 35.0 Å². The van der Waals surface area contributed by atoms with Crippen LogP contribution in [0.15, 0.2) is 58.6 Å². The van der Waals surface area contributed by atoms with Gasteiger partial charge in [0.2, 0.25) is 5.88 Å². The number of imidazole rings is 1. The van der Waals surface area contributed by atoms with Crippen LogP contribution in [0.5, 0.6) is 5.88 Å². The Balaban J connectivity index is 1.90. The van der Waals surface area contributed by atoms with Gasteiger partial charge in [0.15, 0.2) is 0 Å².